The molecule has 1 aliphatic rings. The van der Waals surface area contributed by atoms with Crippen LogP contribution in [0.25, 0.3) is 0 Å². The van der Waals surface area contributed by atoms with E-state index in [0.29, 0.717) is 36.3 Å². The molecule has 2 rings (SSSR count). The van der Waals surface area contributed by atoms with E-state index >= 15 is 0 Å². The van der Waals surface area contributed by atoms with Crippen LogP contribution in [0.15, 0.2) is 18.2 Å². The molecule has 21 heavy (non-hydrogen) atoms. The van der Waals surface area contributed by atoms with Crippen LogP contribution in [-0.4, -0.2) is 31.5 Å². The van der Waals surface area contributed by atoms with Crippen molar-refractivity contribution in [2.24, 2.45) is 5.84 Å². The van der Waals surface area contributed by atoms with Crippen LogP contribution in [0.1, 0.15) is 25.3 Å². The molecule has 0 amide bonds. The van der Waals surface area contributed by atoms with Gasteiger partial charge in [0.2, 0.25) is 0 Å². The number of benzene rings is 1. The van der Waals surface area contributed by atoms with Crippen molar-refractivity contribution in [3.05, 3.63) is 33.8 Å². The van der Waals surface area contributed by atoms with E-state index in [4.69, 9.17) is 38.5 Å². The summed E-state index contributed by atoms with van der Waals surface area (Å²) in [6.45, 7) is 4.00. The van der Waals surface area contributed by atoms with Crippen molar-refractivity contribution < 1.29 is 9.47 Å². The van der Waals surface area contributed by atoms with Crippen LogP contribution in [0.3, 0.4) is 0 Å². The first kappa shape index (κ1) is 17.0. The summed E-state index contributed by atoms with van der Waals surface area (Å²) in [5.74, 6) is 5.81. The third kappa shape index (κ3) is 3.89. The lowest BCUT2D eigenvalue weighted by molar-refractivity contribution is -0.126. The zero-order valence-corrected chi connectivity index (χ0v) is 13.7. The van der Waals surface area contributed by atoms with Gasteiger partial charge in [-0.2, -0.15) is 0 Å². The summed E-state index contributed by atoms with van der Waals surface area (Å²) >= 11 is 12.4. The predicted molar refractivity (Wildman–Crippen MR) is 85.7 cm³/mol. The van der Waals surface area contributed by atoms with E-state index in [0.717, 1.165) is 18.4 Å². The summed E-state index contributed by atoms with van der Waals surface area (Å²) < 4.78 is 11.5. The number of hydrogen-bond donors (Lipinski definition) is 2. The van der Waals surface area contributed by atoms with E-state index in [2.05, 4.69) is 5.43 Å². The predicted octanol–water partition coefficient (Wildman–Crippen LogP) is 2.95. The molecular formula is C15H22Cl2N2O2. The number of halogens is 2. The van der Waals surface area contributed by atoms with Gasteiger partial charge in [-0.3, -0.25) is 11.3 Å². The molecule has 3 N–H and O–H groups in total. The summed E-state index contributed by atoms with van der Waals surface area (Å²) in [5.41, 5.74) is 3.55. The lowest BCUT2D eigenvalue weighted by Crippen LogP contribution is -2.58. The molecule has 1 fully saturated rings. The third-order valence-electron chi connectivity index (χ3n) is 4.06. The molecule has 1 aromatic carbocycles. The molecule has 1 heterocycles. The lowest BCUT2D eigenvalue weighted by atomic mass is 9.83. The molecule has 1 unspecified atom stereocenters. The first-order chi connectivity index (χ1) is 10.1. The van der Waals surface area contributed by atoms with E-state index in [9.17, 15) is 0 Å². The third-order valence-corrected chi connectivity index (χ3v) is 4.92. The molecular weight excluding hydrogens is 311 g/mol. The number of nitrogens with two attached hydrogens (primary N) is 1. The van der Waals surface area contributed by atoms with Crippen LogP contribution in [0.4, 0.5) is 0 Å². The fraction of sp³-hybridized carbons (Fsp3) is 0.600. The van der Waals surface area contributed by atoms with Crippen LogP contribution in [0.2, 0.25) is 10.0 Å². The highest BCUT2D eigenvalue weighted by Crippen LogP contribution is 2.33. The summed E-state index contributed by atoms with van der Waals surface area (Å²) in [6.07, 6.45) is 2.29. The molecule has 0 radical (unpaired) electrons. The largest absolute Gasteiger partial charge is 0.381 e. The quantitative estimate of drug-likeness (QED) is 0.621. The standard InChI is InChI=1S/C15H22Cl2N2O2/c1-2-21-15(6-8-20-9-7-15)13(19-18)10-11-4-3-5-12(16)14(11)17/h3-5,13,19H,2,6-10,18H2,1H3. The Kier molecular flexibility index (Phi) is 6.29. The second-order valence-corrected chi connectivity index (χ2v) is 6.03. The van der Waals surface area contributed by atoms with E-state index < -0.39 is 0 Å². The Morgan fingerprint density at radius 1 is 1.38 bits per heavy atom. The van der Waals surface area contributed by atoms with Gasteiger partial charge in [0, 0.05) is 32.7 Å². The number of ether oxygens (including phenoxy) is 2. The van der Waals surface area contributed by atoms with Crippen LogP contribution in [0.5, 0.6) is 0 Å². The Labute approximate surface area is 135 Å². The SMILES string of the molecule is CCOC1(C(Cc2cccc(Cl)c2Cl)NN)CCOCC1. The zero-order valence-electron chi connectivity index (χ0n) is 12.2. The average Bonchev–Trinajstić information content (AvgIpc) is 2.50. The minimum absolute atomic E-state index is 0.0442. The summed E-state index contributed by atoms with van der Waals surface area (Å²) in [7, 11) is 0. The first-order valence-corrected chi connectivity index (χ1v) is 7.99. The van der Waals surface area contributed by atoms with Gasteiger partial charge in [0.15, 0.2) is 0 Å². The highest BCUT2D eigenvalue weighted by Gasteiger charge is 2.41. The van der Waals surface area contributed by atoms with Gasteiger partial charge < -0.3 is 9.47 Å². The van der Waals surface area contributed by atoms with Crippen molar-refractivity contribution in [2.45, 2.75) is 37.8 Å². The molecule has 0 spiro atoms. The van der Waals surface area contributed by atoms with Crippen LogP contribution in [0, 0.1) is 0 Å². The van der Waals surface area contributed by atoms with Crippen LogP contribution in [-0.2, 0) is 15.9 Å². The molecule has 1 aliphatic heterocycles. The molecule has 0 bridgehead atoms. The average molecular weight is 333 g/mol. The van der Waals surface area contributed by atoms with Gasteiger partial charge in [-0.15, -0.1) is 0 Å². The fourth-order valence-electron chi connectivity index (χ4n) is 2.92. The van der Waals surface area contributed by atoms with Gasteiger partial charge in [-0.05, 0) is 25.0 Å². The van der Waals surface area contributed by atoms with Gasteiger partial charge >= 0.3 is 0 Å². The van der Waals surface area contributed by atoms with Crippen molar-refractivity contribution in [3.63, 3.8) is 0 Å². The normalized spacial score (nSPS) is 19.4. The molecule has 0 saturated carbocycles. The van der Waals surface area contributed by atoms with Crippen molar-refractivity contribution in [3.8, 4) is 0 Å². The lowest BCUT2D eigenvalue weighted by Gasteiger charge is -2.43. The maximum Gasteiger partial charge on any atom is 0.0895 e. The zero-order chi connectivity index (χ0) is 15.3. The fourth-order valence-corrected chi connectivity index (χ4v) is 3.32. The molecule has 1 atom stereocenters. The highest BCUT2D eigenvalue weighted by molar-refractivity contribution is 6.42. The summed E-state index contributed by atoms with van der Waals surface area (Å²) in [6, 6.07) is 5.61. The second kappa shape index (κ2) is 7.77. The Hall–Kier alpha value is -0.360. The molecule has 0 aliphatic carbocycles. The number of rotatable bonds is 6. The minimum Gasteiger partial charge on any atom is -0.381 e. The Bertz CT molecular complexity index is 459. The monoisotopic (exact) mass is 332 g/mol. The topological polar surface area (TPSA) is 56.5 Å². The summed E-state index contributed by atoms with van der Waals surface area (Å²) in [5, 5.41) is 1.14. The van der Waals surface area contributed by atoms with E-state index in [-0.39, 0.29) is 11.6 Å². The number of hydrazine groups is 1. The molecule has 1 aromatic rings. The second-order valence-electron chi connectivity index (χ2n) is 5.25. The Morgan fingerprint density at radius 3 is 2.71 bits per heavy atom. The van der Waals surface area contributed by atoms with Gasteiger partial charge in [-0.25, -0.2) is 0 Å². The van der Waals surface area contributed by atoms with Crippen molar-refractivity contribution >= 4 is 23.2 Å². The van der Waals surface area contributed by atoms with Gasteiger partial charge in [0.05, 0.1) is 21.7 Å². The van der Waals surface area contributed by atoms with Gasteiger partial charge in [0.25, 0.3) is 0 Å². The smallest absolute Gasteiger partial charge is 0.0895 e. The van der Waals surface area contributed by atoms with Gasteiger partial charge in [-0.1, -0.05) is 35.3 Å². The number of hydrogen-bond acceptors (Lipinski definition) is 4. The summed E-state index contributed by atoms with van der Waals surface area (Å²) in [4.78, 5) is 0. The van der Waals surface area contributed by atoms with Crippen molar-refractivity contribution in [2.75, 3.05) is 19.8 Å². The maximum atomic E-state index is 6.29. The molecule has 0 aromatic heterocycles. The van der Waals surface area contributed by atoms with E-state index in [1.807, 2.05) is 19.1 Å². The Morgan fingerprint density at radius 2 is 2.10 bits per heavy atom. The molecule has 118 valence electrons. The van der Waals surface area contributed by atoms with Gasteiger partial charge in [0.1, 0.15) is 0 Å². The molecule has 4 nitrogen and oxygen atoms in total. The molecule has 1 saturated heterocycles. The van der Waals surface area contributed by atoms with Crippen molar-refractivity contribution in [1.29, 1.82) is 0 Å². The maximum absolute atomic E-state index is 6.29. The van der Waals surface area contributed by atoms with E-state index in [1.165, 1.54) is 0 Å². The van der Waals surface area contributed by atoms with Crippen molar-refractivity contribution in [1.82, 2.24) is 5.43 Å². The highest BCUT2D eigenvalue weighted by atomic mass is 35.5. The van der Waals surface area contributed by atoms with Crippen LogP contribution >= 0.6 is 23.2 Å². The van der Waals surface area contributed by atoms with Crippen LogP contribution < -0.4 is 11.3 Å². The Balaban J connectivity index is 2.22. The number of nitrogens with one attached hydrogen (secondary N) is 1. The van der Waals surface area contributed by atoms with E-state index in [1.54, 1.807) is 6.07 Å². The first-order valence-electron chi connectivity index (χ1n) is 7.23. The minimum atomic E-state index is -0.326. The molecule has 6 heteroatoms.